The molecular formula is C7H7Br3O2S2. The first-order valence-electron chi connectivity index (χ1n) is 3.70. The van der Waals surface area contributed by atoms with Gasteiger partial charge < -0.3 is 0 Å². The van der Waals surface area contributed by atoms with Crippen LogP contribution in [0.25, 0.3) is 0 Å². The van der Waals surface area contributed by atoms with Gasteiger partial charge in [0.1, 0.15) is 0 Å². The van der Waals surface area contributed by atoms with E-state index in [1.54, 1.807) is 6.08 Å². The molecule has 0 spiro atoms. The first-order chi connectivity index (χ1) is 6.31. The van der Waals surface area contributed by atoms with Crippen LogP contribution in [-0.2, 0) is 24.1 Å². The summed E-state index contributed by atoms with van der Waals surface area (Å²) in [6, 6.07) is 0. The van der Waals surface area contributed by atoms with E-state index in [4.69, 9.17) is 15.4 Å². The molecule has 1 rings (SSSR count). The Balaban J connectivity index is 2.86. The van der Waals surface area contributed by atoms with E-state index in [-0.39, 0.29) is 0 Å². The summed E-state index contributed by atoms with van der Waals surface area (Å²) in [4.78, 5) is 0.557. The summed E-state index contributed by atoms with van der Waals surface area (Å²) in [5, 5.41) is 0. The Morgan fingerprint density at radius 3 is 2.50 bits per heavy atom. The molecule has 80 valence electrons. The van der Waals surface area contributed by atoms with Gasteiger partial charge in [0, 0.05) is 11.2 Å². The predicted octanol–water partition coefficient (Wildman–Crippen LogP) is 3.69. The average Bonchev–Trinajstić information content (AvgIpc) is 2.01. The third-order valence-electron chi connectivity index (χ3n) is 1.45. The second-order valence-corrected chi connectivity index (χ2v) is 12.0. The molecule has 0 saturated heterocycles. The van der Waals surface area contributed by atoms with Crippen molar-refractivity contribution in [2.45, 2.75) is 15.2 Å². The molecule has 0 amide bonds. The molecule has 0 bridgehead atoms. The summed E-state index contributed by atoms with van der Waals surface area (Å²) < 4.78 is 16.0. The summed E-state index contributed by atoms with van der Waals surface area (Å²) in [6.45, 7) is 0. The van der Waals surface area contributed by atoms with Crippen molar-refractivity contribution in [2.24, 2.45) is 0 Å². The van der Waals surface area contributed by atoms with E-state index in [0.717, 1.165) is 12.8 Å². The van der Waals surface area contributed by atoms with Crippen LogP contribution in [0.3, 0.4) is 0 Å². The summed E-state index contributed by atoms with van der Waals surface area (Å²) in [5.41, 5.74) is 0. The fraction of sp³-hybridized carbons (Fsp3) is 0.429. The van der Waals surface area contributed by atoms with E-state index >= 15 is 0 Å². The van der Waals surface area contributed by atoms with E-state index < -0.39 is 11.1 Å². The van der Waals surface area contributed by atoms with Crippen LogP contribution in [0, 0.1) is 0 Å². The van der Waals surface area contributed by atoms with Gasteiger partial charge in [-0.15, -0.1) is 0 Å². The Morgan fingerprint density at radius 2 is 2.07 bits per heavy atom. The number of allylic oxidation sites excluding steroid dienone is 3. The zero-order valence-electron chi connectivity index (χ0n) is 6.91. The molecule has 14 heavy (non-hydrogen) atoms. The highest BCUT2D eigenvalue weighted by Gasteiger charge is 2.27. The quantitative estimate of drug-likeness (QED) is 0.630. The topological polar surface area (TPSA) is 26.3 Å². The largest absolute Gasteiger partial charge is 0.248 e. The Bertz CT molecular complexity index is 365. The molecule has 1 aliphatic rings. The summed E-state index contributed by atoms with van der Waals surface area (Å²) in [5.74, 6) is 0. The number of rotatable bonds is 2. The fourth-order valence-electron chi connectivity index (χ4n) is 0.947. The van der Waals surface area contributed by atoms with Crippen LogP contribution < -0.4 is 0 Å². The van der Waals surface area contributed by atoms with Crippen molar-refractivity contribution in [2.75, 3.05) is 0 Å². The van der Waals surface area contributed by atoms with Crippen molar-refractivity contribution in [1.82, 2.24) is 0 Å². The van der Waals surface area contributed by atoms with Crippen molar-refractivity contribution >= 4 is 67.8 Å². The van der Waals surface area contributed by atoms with E-state index in [1.807, 2.05) is 12.2 Å². The van der Waals surface area contributed by atoms with E-state index in [1.165, 1.54) is 0 Å². The Labute approximate surface area is 113 Å². The van der Waals surface area contributed by atoms with Gasteiger partial charge in [-0.25, -0.2) is 8.39 Å². The number of hydrogen-bond donors (Lipinski definition) is 0. The highest BCUT2D eigenvalue weighted by atomic mass is 80.0. The molecule has 0 aromatic heterocycles. The van der Waals surface area contributed by atoms with Gasteiger partial charge in [0.2, 0.25) is 2.33 Å². The van der Waals surface area contributed by atoms with E-state index in [0.29, 0.717) is 4.91 Å². The lowest BCUT2D eigenvalue weighted by atomic mass is 10.2. The smallest absolute Gasteiger partial charge is 0.245 e. The predicted molar refractivity (Wildman–Crippen MR) is 72.6 cm³/mol. The minimum Gasteiger partial charge on any atom is -0.245 e. The molecule has 0 aromatic carbocycles. The molecular weight excluding hydrogens is 420 g/mol. The third kappa shape index (κ3) is 4.40. The van der Waals surface area contributed by atoms with Crippen molar-refractivity contribution in [1.29, 1.82) is 0 Å². The fourth-order valence-corrected chi connectivity index (χ4v) is 5.02. The van der Waals surface area contributed by atoms with Gasteiger partial charge in [0.25, 0.3) is 0 Å². The highest BCUT2D eigenvalue weighted by molar-refractivity contribution is 9.39. The second kappa shape index (κ2) is 5.05. The molecule has 1 unspecified atom stereocenters. The van der Waals surface area contributed by atoms with Gasteiger partial charge in [-0.05, 0) is 66.7 Å². The SMILES string of the molecule is O=S(=S)(OC(Br)(Br)Br)C1=CCCC=C1. The summed E-state index contributed by atoms with van der Waals surface area (Å²) in [6.07, 6.45) is 7.33. The Kier molecular flexibility index (Phi) is 4.81. The Morgan fingerprint density at radius 1 is 1.43 bits per heavy atom. The second-order valence-electron chi connectivity index (χ2n) is 2.57. The van der Waals surface area contributed by atoms with Crippen LogP contribution in [0.5, 0.6) is 0 Å². The lowest BCUT2D eigenvalue weighted by Gasteiger charge is -2.17. The third-order valence-corrected chi connectivity index (χ3v) is 4.71. The van der Waals surface area contributed by atoms with Gasteiger partial charge in [-0.1, -0.05) is 12.2 Å². The zero-order chi connectivity index (χ0) is 10.8. The summed E-state index contributed by atoms with van der Waals surface area (Å²) in [7, 11) is -2.87. The monoisotopic (exact) mass is 424 g/mol. The normalized spacial score (nSPS) is 21.5. The Hall–Kier alpha value is 1.25. The van der Waals surface area contributed by atoms with E-state index in [9.17, 15) is 4.21 Å². The van der Waals surface area contributed by atoms with Crippen LogP contribution in [0.2, 0.25) is 0 Å². The average molecular weight is 427 g/mol. The van der Waals surface area contributed by atoms with Gasteiger partial charge in [-0.3, -0.25) is 0 Å². The van der Waals surface area contributed by atoms with Gasteiger partial charge >= 0.3 is 0 Å². The molecule has 0 heterocycles. The number of hydrogen-bond acceptors (Lipinski definition) is 3. The van der Waals surface area contributed by atoms with Gasteiger partial charge in [0.15, 0.2) is 8.77 Å². The lowest BCUT2D eigenvalue weighted by molar-refractivity contribution is 0.391. The molecule has 7 heteroatoms. The van der Waals surface area contributed by atoms with Crippen molar-refractivity contribution < 1.29 is 8.39 Å². The molecule has 1 atom stereocenters. The van der Waals surface area contributed by atoms with Crippen LogP contribution >= 0.6 is 47.8 Å². The molecule has 0 saturated carbocycles. The highest BCUT2D eigenvalue weighted by Crippen LogP contribution is 2.38. The lowest BCUT2D eigenvalue weighted by Crippen LogP contribution is -2.15. The first kappa shape index (κ1) is 13.3. The van der Waals surface area contributed by atoms with E-state index in [2.05, 4.69) is 47.8 Å². The molecule has 0 fully saturated rings. The van der Waals surface area contributed by atoms with Crippen molar-refractivity contribution in [3.8, 4) is 0 Å². The number of halogens is 3. The molecule has 0 aromatic rings. The minimum atomic E-state index is -2.87. The van der Waals surface area contributed by atoms with Crippen LogP contribution in [0.1, 0.15) is 12.8 Å². The molecule has 0 radical (unpaired) electrons. The molecule has 2 nitrogen and oxygen atoms in total. The van der Waals surface area contributed by atoms with Crippen LogP contribution in [0.4, 0.5) is 0 Å². The first-order valence-corrected chi connectivity index (χ1v) is 8.49. The standard InChI is InChI=1S/C7H7Br3O2S2/c8-7(9,10)12-14(11,13)6-4-2-1-3-5-6/h2,4-5H,1,3H2. The molecule has 0 N–H and O–H groups in total. The maximum atomic E-state index is 11.9. The zero-order valence-corrected chi connectivity index (χ0v) is 13.3. The maximum Gasteiger partial charge on any atom is 0.248 e. The molecule has 1 aliphatic carbocycles. The maximum absolute atomic E-state index is 11.9. The molecule has 0 aliphatic heterocycles. The van der Waals surface area contributed by atoms with Gasteiger partial charge in [-0.2, -0.15) is 0 Å². The van der Waals surface area contributed by atoms with Crippen LogP contribution in [-0.4, -0.2) is 6.54 Å². The van der Waals surface area contributed by atoms with Crippen LogP contribution in [0.15, 0.2) is 23.1 Å². The van der Waals surface area contributed by atoms with Gasteiger partial charge in [0.05, 0.1) is 4.91 Å². The van der Waals surface area contributed by atoms with Crippen molar-refractivity contribution in [3.63, 3.8) is 0 Å². The minimum absolute atomic E-state index is 0.557. The number of alkyl halides is 3. The summed E-state index contributed by atoms with van der Waals surface area (Å²) >= 11 is 14.2. The van der Waals surface area contributed by atoms with Crippen molar-refractivity contribution in [3.05, 3.63) is 23.1 Å².